The number of alkyl halides is 3. The summed E-state index contributed by atoms with van der Waals surface area (Å²) in [5.74, 6) is 1.34. The Morgan fingerprint density at radius 1 is 0.848 bits per heavy atom. The molecule has 0 aliphatic rings. The molecule has 0 aliphatic carbocycles. The molecule has 0 N–H and O–H groups in total. The van der Waals surface area contributed by atoms with E-state index in [1.54, 1.807) is 25.0 Å². The van der Waals surface area contributed by atoms with Crippen molar-refractivity contribution in [1.29, 1.82) is 0 Å². The number of benzene rings is 3. The van der Waals surface area contributed by atoms with E-state index < -0.39 is 11.7 Å². The van der Waals surface area contributed by atoms with Crippen LogP contribution in [0.3, 0.4) is 0 Å². The van der Waals surface area contributed by atoms with Gasteiger partial charge in [-0.05, 0) is 57.9 Å². The largest absolute Gasteiger partial charge is 0.497 e. The number of nitrogens with zero attached hydrogens (tertiary/aromatic N) is 2. The number of halogens is 4. The zero-order chi connectivity index (χ0) is 23.6. The van der Waals surface area contributed by atoms with Gasteiger partial charge in [-0.1, -0.05) is 36.4 Å². The normalized spacial score (nSPS) is 11.5. The summed E-state index contributed by atoms with van der Waals surface area (Å²) in [7, 11) is 3.16. The Hall–Kier alpha value is -3.26. The van der Waals surface area contributed by atoms with Crippen LogP contribution in [-0.2, 0) is 12.7 Å². The van der Waals surface area contributed by atoms with E-state index in [4.69, 9.17) is 14.6 Å². The molecule has 0 spiro atoms. The Morgan fingerprint density at radius 3 is 2.09 bits per heavy atom. The van der Waals surface area contributed by atoms with Crippen molar-refractivity contribution in [2.45, 2.75) is 12.7 Å². The van der Waals surface area contributed by atoms with Gasteiger partial charge >= 0.3 is 6.18 Å². The molecule has 1 heterocycles. The highest BCUT2D eigenvalue weighted by Gasteiger charge is 2.30. The van der Waals surface area contributed by atoms with Crippen molar-refractivity contribution in [2.24, 2.45) is 0 Å². The molecule has 0 saturated carbocycles. The van der Waals surface area contributed by atoms with Gasteiger partial charge in [0.15, 0.2) is 0 Å². The van der Waals surface area contributed by atoms with Crippen molar-refractivity contribution >= 4 is 15.9 Å². The van der Waals surface area contributed by atoms with Gasteiger partial charge in [-0.25, -0.2) is 0 Å². The number of rotatable bonds is 6. The molecule has 0 fully saturated rings. The molecular formula is C25H20BrF3N2O2. The molecule has 0 radical (unpaired) electrons. The molecule has 0 unspecified atom stereocenters. The van der Waals surface area contributed by atoms with E-state index in [9.17, 15) is 13.2 Å². The van der Waals surface area contributed by atoms with Crippen LogP contribution in [0.25, 0.3) is 22.5 Å². The van der Waals surface area contributed by atoms with E-state index in [1.807, 2.05) is 48.5 Å². The fourth-order valence-electron chi connectivity index (χ4n) is 3.57. The lowest BCUT2D eigenvalue weighted by Gasteiger charge is -2.12. The second kappa shape index (κ2) is 9.31. The van der Waals surface area contributed by atoms with E-state index in [0.29, 0.717) is 22.8 Å². The zero-order valence-electron chi connectivity index (χ0n) is 17.9. The third-order valence-corrected chi connectivity index (χ3v) is 5.92. The van der Waals surface area contributed by atoms with Crippen LogP contribution >= 0.6 is 15.9 Å². The lowest BCUT2D eigenvalue weighted by molar-refractivity contribution is -0.137. The van der Waals surface area contributed by atoms with Crippen LogP contribution in [-0.4, -0.2) is 24.0 Å². The summed E-state index contributed by atoms with van der Waals surface area (Å²) in [6.45, 7) is 0.152. The summed E-state index contributed by atoms with van der Waals surface area (Å²) >= 11 is 3.68. The maximum Gasteiger partial charge on any atom is 0.416 e. The predicted molar refractivity (Wildman–Crippen MR) is 124 cm³/mol. The van der Waals surface area contributed by atoms with Crippen molar-refractivity contribution in [3.05, 3.63) is 88.4 Å². The summed E-state index contributed by atoms with van der Waals surface area (Å²) in [4.78, 5) is 0. The minimum Gasteiger partial charge on any atom is -0.497 e. The van der Waals surface area contributed by atoms with Crippen molar-refractivity contribution < 1.29 is 22.6 Å². The van der Waals surface area contributed by atoms with Crippen LogP contribution in [0.1, 0.15) is 11.1 Å². The standard InChI is InChI=1S/C25H20BrF3N2O2/c1-32-20-10-4-7-17(13-20)23-22(26)24(18-8-5-11-21(14-18)33-2)31(30-23)15-16-6-3-9-19(12-16)25(27,28)29/h3-14H,15H2,1-2H3. The van der Waals surface area contributed by atoms with E-state index in [2.05, 4.69) is 15.9 Å². The summed E-state index contributed by atoms with van der Waals surface area (Å²) in [6.07, 6.45) is -4.41. The van der Waals surface area contributed by atoms with Crippen LogP contribution in [0.4, 0.5) is 13.2 Å². The molecule has 1 aromatic heterocycles. The first kappa shape index (κ1) is 22.9. The van der Waals surface area contributed by atoms with Crippen LogP contribution in [0.2, 0.25) is 0 Å². The highest BCUT2D eigenvalue weighted by atomic mass is 79.9. The molecular weight excluding hydrogens is 497 g/mol. The van der Waals surface area contributed by atoms with Gasteiger partial charge in [0.05, 0.1) is 36.5 Å². The third kappa shape index (κ3) is 4.90. The van der Waals surface area contributed by atoms with Gasteiger partial charge in [-0.15, -0.1) is 0 Å². The molecule has 0 amide bonds. The van der Waals surface area contributed by atoms with Crippen LogP contribution < -0.4 is 9.47 Å². The van der Waals surface area contributed by atoms with Crippen LogP contribution in [0.15, 0.2) is 77.3 Å². The Labute approximate surface area is 197 Å². The third-order valence-electron chi connectivity index (χ3n) is 5.17. The Kier molecular flexibility index (Phi) is 6.47. The van der Waals surface area contributed by atoms with E-state index in [0.717, 1.165) is 33.4 Å². The Bertz CT molecular complexity index is 1280. The number of ether oxygens (including phenoxy) is 2. The number of methoxy groups -OCH3 is 2. The summed E-state index contributed by atoms with van der Waals surface area (Å²) in [6, 6.07) is 20.2. The molecule has 0 bridgehead atoms. The monoisotopic (exact) mass is 516 g/mol. The van der Waals surface area contributed by atoms with Gasteiger partial charge < -0.3 is 9.47 Å². The fourth-order valence-corrected chi connectivity index (χ4v) is 4.32. The van der Waals surface area contributed by atoms with E-state index in [1.165, 1.54) is 6.07 Å². The first-order valence-electron chi connectivity index (χ1n) is 10.0. The van der Waals surface area contributed by atoms with Gasteiger partial charge in [0.25, 0.3) is 0 Å². The smallest absolute Gasteiger partial charge is 0.416 e. The Morgan fingerprint density at radius 2 is 1.45 bits per heavy atom. The lowest BCUT2D eigenvalue weighted by atomic mass is 10.1. The maximum atomic E-state index is 13.2. The van der Waals surface area contributed by atoms with Crippen molar-refractivity contribution in [3.8, 4) is 34.0 Å². The molecule has 4 rings (SSSR count). The van der Waals surface area contributed by atoms with E-state index in [-0.39, 0.29) is 6.54 Å². The topological polar surface area (TPSA) is 36.3 Å². The zero-order valence-corrected chi connectivity index (χ0v) is 19.4. The highest BCUT2D eigenvalue weighted by Crippen LogP contribution is 2.39. The van der Waals surface area contributed by atoms with Crippen molar-refractivity contribution in [3.63, 3.8) is 0 Å². The van der Waals surface area contributed by atoms with Gasteiger partial charge in [0.2, 0.25) is 0 Å². The number of hydrogen-bond acceptors (Lipinski definition) is 3. The maximum absolute atomic E-state index is 13.2. The summed E-state index contributed by atoms with van der Waals surface area (Å²) in [5.41, 5.74) is 2.80. The highest BCUT2D eigenvalue weighted by molar-refractivity contribution is 9.10. The minimum absolute atomic E-state index is 0.152. The second-order valence-electron chi connectivity index (χ2n) is 7.33. The van der Waals surface area contributed by atoms with Crippen molar-refractivity contribution in [1.82, 2.24) is 9.78 Å². The average Bonchev–Trinajstić information content (AvgIpc) is 3.14. The fraction of sp³-hybridized carbons (Fsp3) is 0.160. The number of hydrogen-bond donors (Lipinski definition) is 0. The predicted octanol–water partition coefficient (Wildman–Crippen LogP) is 7.06. The molecule has 33 heavy (non-hydrogen) atoms. The molecule has 4 aromatic rings. The van der Waals surface area contributed by atoms with Crippen molar-refractivity contribution in [2.75, 3.05) is 14.2 Å². The molecule has 4 nitrogen and oxygen atoms in total. The number of aromatic nitrogens is 2. The van der Waals surface area contributed by atoms with Gasteiger partial charge in [0.1, 0.15) is 17.2 Å². The molecule has 0 aliphatic heterocycles. The second-order valence-corrected chi connectivity index (χ2v) is 8.12. The van der Waals surface area contributed by atoms with Crippen LogP contribution in [0, 0.1) is 0 Å². The molecule has 0 saturated heterocycles. The van der Waals surface area contributed by atoms with E-state index >= 15 is 0 Å². The van der Waals surface area contributed by atoms with Gasteiger partial charge in [0, 0.05) is 11.1 Å². The Balaban J connectivity index is 1.86. The SMILES string of the molecule is COc1cccc(-c2nn(Cc3cccc(C(F)(F)F)c3)c(-c3cccc(OC)c3)c2Br)c1. The lowest BCUT2D eigenvalue weighted by Crippen LogP contribution is -2.08. The molecule has 8 heteroatoms. The quantitative estimate of drug-likeness (QED) is 0.275. The van der Waals surface area contributed by atoms with Crippen LogP contribution in [0.5, 0.6) is 11.5 Å². The summed E-state index contributed by atoms with van der Waals surface area (Å²) < 4.78 is 52.8. The average molecular weight is 517 g/mol. The first-order valence-corrected chi connectivity index (χ1v) is 10.8. The molecule has 0 atom stereocenters. The van der Waals surface area contributed by atoms with Gasteiger partial charge in [-0.2, -0.15) is 18.3 Å². The molecule has 3 aromatic carbocycles. The summed E-state index contributed by atoms with van der Waals surface area (Å²) in [5, 5.41) is 4.77. The minimum atomic E-state index is -4.41. The van der Waals surface area contributed by atoms with Gasteiger partial charge in [-0.3, -0.25) is 4.68 Å². The molecule has 170 valence electrons. The first-order chi connectivity index (χ1) is 15.8.